The van der Waals surface area contributed by atoms with Crippen molar-refractivity contribution < 1.29 is 0 Å². The lowest BCUT2D eigenvalue weighted by Gasteiger charge is -1.96. The van der Waals surface area contributed by atoms with Crippen LogP contribution in [0.5, 0.6) is 0 Å². The largest absolute Gasteiger partial charge is 0.396 e. The third-order valence-electron chi connectivity index (χ3n) is 2.30. The van der Waals surface area contributed by atoms with E-state index in [0.717, 1.165) is 34.5 Å². The van der Waals surface area contributed by atoms with Gasteiger partial charge in [0.05, 0.1) is 17.1 Å². The lowest BCUT2D eigenvalue weighted by molar-refractivity contribution is 0.816. The van der Waals surface area contributed by atoms with E-state index in [2.05, 4.69) is 14.5 Å². The van der Waals surface area contributed by atoms with E-state index in [4.69, 9.17) is 5.73 Å². The van der Waals surface area contributed by atoms with Gasteiger partial charge in [-0.25, -0.2) is 9.67 Å². The van der Waals surface area contributed by atoms with Crippen LogP contribution in [-0.4, -0.2) is 19.1 Å². The molecule has 0 unspecified atom stereocenters. The van der Waals surface area contributed by atoms with E-state index in [1.807, 2.05) is 20.8 Å². The molecule has 6 heteroatoms. The average Bonchev–Trinajstić information content (AvgIpc) is 2.79. The Balaban J connectivity index is 2.49. The van der Waals surface area contributed by atoms with Gasteiger partial charge in [0.2, 0.25) is 5.13 Å². The van der Waals surface area contributed by atoms with Crippen LogP contribution in [0.25, 0.3) is 5.13 Å². The van der Waals surface area contributed by atoms with Crippen molar-refractivity contribution in [2.45, 2.75) is 27.2 Å². The molecule has 2 rings (SSSR count). The van der Waals surface area contributed by atoms with Crippen LogP contribution in [0, 0.1) is 13.8 Å². The number of nitrogens with two attached hydrogens (primary N) is 1. The molecule has 0 atom stereocenters. The number of aryl methyl sites for hydroxylation is 2. The highest BCUT2D eigenvalue weighted by molar-refractivity contribution is 7.08. The summed E-state index contributed by atoms with van der Waals surface area (Å²) in [6.45, 7) is 5.85. The average molecular weight is 223 g/mol. The highest BCUT2D eigenvalue weighted by Gasteiger charge is 2.12. The molecular formula is C9H13N5S. The van der Waals surface area contributed by atoms with Gasteiger partial charge in [0.15, 0.2) is 0 Å². The molecule has 0 aliphatic rings. The molecule has 2 N–H and O–H groups in total. The van der Waals surface area contributed by atoms with Crippen LogP contribution in [0.4, 0.5) is 5.69 Å². The van der Waals surface area contributed by atoms with Crippen LogP contribution < -0.4 is 5.73 Å². The first-order valence-electron chi connectivity index (χ1n) is 4.78. The monoisotopic (exact) mass is 223 g/mol. The molecule has 0 aromatic carbocycles. The summed E-state index contributed by atoms with van der Waals surface area (Å²) in [6.07, 6.45) is 0.839. The molecule has 0 bridgehead atoms. The van der Waals surface area contributed by atoms with Crippen molar-refractivity contribution in [1.82, 2.24) is 19.1 Å². The standard InChI is InChI=1S/C9H13N5S/c1-4-7-11-9(15-13-7)14-6(3)8(10)5(2)12-14/h4,10H2,1-3H3. The van der Waals surface area contributed by atoms with Gasteiger partial charge in [-0.1, -0.05) is 6.92 Å². The summed E-state index contributed by atoms with van der Waals surface area (Å²) in [4.78, 5) is 4.37. The van der Waals surface area contributed by atoms with Crippen molar-refractivity contribution in [3.05, 3.63) is 17.2 Å². The van der Waals surface area contributed by atoms with Crippen molar-refractivity contribution in [2.24, 2.45) is 0 Å². The number of aromatic nitrogens is 4. The van der Waals surface area contributed by atoms with Crippen LogP contribution in [0.15, 0.2) is 0 Å². The molecule has 0 aliphatic carbocycles. The zero-order valence-electron chi connectivity index (χ0n) is 8.98. The molecule has 80 valence electrons. The number of rotatable bonds is 2. The highest BCUT2D eigenvalue weighted by Crippen LogP contribution is 2.20. The minimum Gasteiger partial charge on any atom is -0.396 e. The fourth-order valence-electron chi connectivity index (χ4n) is 1.32. The van der Waals surface area contributed by atoms with Gasteiger partial charge in [-0.2, -0.15) is 9.47 Å². The second kappa shape index (κ2) is 3.62. The minimum atomic E-state index is 0.725. The van der Waals surface area contributed by atoms with Gasteiger partial charge in [-0.05, 0) is 13.8 Å². The minimum absolute atomic E-state index is 0.725. The lowest BCUT2D eigenvalue weighted by Crippen LogP contribution is -1.99. The molecule has 0 spiro atoms. The molecule has 2 aromatic rings. The Morgan fingerprint density at radius 3 is 2.60 bits per heavy atom. The van der Waals surface area contributed by atoms with Gasteiger partial charge in [0.1, 0.15) is 5.82 Å². The van der Waals surface area contributed by atoms with Crippen molar-refractivity contribution in [3.63, 3.8) is 0 Å². The van der Waals surface area contributed by atoms with Gasteiger partial charge >= 0.3 is 0 Å². The second-order valence-corrected chi connectivity index (χ2v) is 4.07. The van der Waals surface area contributed by atoms with Crippen LogP contribution in [-0.2, 0) is 6.42 Å². The SMILES string of the molecule is CCc1nsc(-n2nc(C)c(N)c2C)n1. The van der Waals surface area contributed by atoms with Crippen LogP contribution in [0.3, 0.4) is 0 Å². The second-order valence-electron chi connectivity index (χ2n) is 3.34. The number of nitrogen functional groups attached to an aromatic ring is 1. The Kier molecular flexibility index (Phi) is 2.44. The van der Waals surface area contributed by atoms with E-state index >= 15 is 0 Å². The Hall–Kier alpha value is -1.43. The third-order valence-corrected chi connectivity index (χ3v) is 3.03. The molecule has 2 heterocycles. The predicted molar refractivity (Wildman–Crippen MR) is 60.3 cm³/mol. The molecule has 0 aliphatic heterocycles. The fraction of sp³-hybridized carbons (Fsp3) is 0.444. The molecule has 2 aromatic heterocycles. The zero-order chi connectivity index (χ0) is 11.0. The van der Waals surface area contributed by atoms with Crippen molar-refractivity contribution in [2.75, 3.05) is 5.73 Å². The maximum Gasteiger partial charge on any atom is 0.230 e. The van der Waals surface area contributed by atoms with Gasteiger partial charge in [-0.15, -0.1) is 0 Å². The maximum atomic E-state index is 5.85. The number of nitrogens with zero attached hydrogens (tertiary/aromatic N) is 4. The molecule has 0 saturated carbocycles. The van der Waals surface area contributed by atoms with Crippen LogP contribution >= 0.6 is 11.5 Å². The lowest BCUT2D eigenvalue weighted by atomic mass is 10.3. The van der Waals surface area contributed by atoms with Gasteiger partial charge < -0.3 is 5.73 Å². The topological polar surface area (TPSA) is 69.6 Å². The van der Waals surface area contributed by atoms with E-state index in [9.17, 15) is 0 Å². The molecular weight excluding hydrogens is 210 g/mol. The Bertz CT molecular complexity index is 485. The molecule has 0 saturated heterocycles. The summed E-state index contributed by atoms with van der Waals surface area (Å²) in [6, 6.07) is 0. The summed E-state index contributed by atoms with van der Waals surface area (Å²) in [5.74, 6) is 0.848. The van der Waals surface area contributed by atoms with Crippen LogP contribution in [0.1, 0.15) is 24.1 Å². The summed E-state index contributed by atoms with van der Waals surface area (Å²) in [5.41, 5.74) is 8.33. The molecule has 5 nitrogen and oxygen atoms in total. The fourth-order valence-corrected chi connectivity index (χ4v) is 2.07. The normalized spacial score (nSPS) is 10.9. The summed E-state index contributed by atoms with van der Waals surface area (Å²) >= 11 is 1.35. The molecule has 0 amide bonds. The molecule has 0 radical (unpaired) electrons. The zero-order valence-corrected chi connectivity index (χ0v) is 9.80. The maximum absolute atomic E-state index is 5.85. The summed E-state index contributed by atoms with van der Waals surface area (Å²) in [5, 5.41) is 5.11. The number of hydrogen-bond acceptors (Lipinski definition) is 5. The van der Waals surface area contributed by atoms with E-state index in [0.29, 0.717) is 0 Å². The smallest absolute Gasteiger partial charge is 0.230 e. The highest BCUT2D eigenvalue weighted by atomic mass is 32.1. The van der Waals surface area contributed by atoms with Crippen molar-refractivity contribution >= 4 is 17.2 Å². The first kappa shape index (κ1) is 10.1. The van der Waals surface area contributed by atoms with Crippen molar-refractivity contribution in [3.8, 4) is 5.13 Å². The first-order chi connectivity index (χ1) is 7.13. The summed E-state index contributed by atoms with van der Waals surface area (Å²) in [7, 11) is 0. The quantitative estimate of drug-likeness (QED) is 0.837. The Labute approximate surface area is 92.1 Å². The van der Waals surface area contributed by atoms with Gasteiger partial charge in [-0.3, -0.25) is 0 Å². The first-order valence-corrected chi connectivity index (χ1v) is 5.55. The molecule has 15 heavy (non-hydrogen) atoms. The Morgan fingerprint density at radius 1 is 1.40 bits per heavy atom. The van der Waals surface area contributed by atoms with Gasteiger partial charge in [0, 0.05) is 18.0 Å². The number of hydrogen-bond donors (Lipinski definition) is 1. The van der Waals surface area contributed by atoms with E-state index in [-0.39, 0.29) is 0 Å². The van der Waals surface area contributed by atoms with E-state index in [1.54, 1.807) is 4.68 Å². The number of anilines is 1. The van der Waals surface area contributed by atoms with E-state index in [1.165, 1.54) is 11.5 Å². The summed E-state index contributed by atoms with van der Waals surface area (Å²) < 4.78 is 5.97. The predicted octanol–water partition coefficient (Wildman–Crippen LogP) is 1.49. The van der Waals surface area contributed by atoms with Crippen molar-refractivity contribution in [1.29, 1.82) is 0 Å². The Morgan fingerprint density at radius 2 is 2.13 bits per heavy atom. The van der Waals surface area contributed by atoms with Crippen LogP contribution in [0.2, 0.25) is 0 Å². The van der Waals surface area contributed by atoms with E-state index < -0.39 is 0 Å². The van der Waals surface area contributed by atoms with Gasteiger partial charge in [0.25, 0.3) is 0 Å². The molecule has 0 fully saturated rings. The third kappa shape index (κ3) is 1.61.